The average molecular weight is 204 g/mol. The Labute approximate surface area is 80.1 Å². The predicted molar refractivity (Wildman–Crippen MR) is 42.4 cm³/mol. The molecule has 2 aliphatic heterocycles. The largest absolute Gasteiger partial charge is 0.479 e. The minimum Gasteiger partial charge on any atom is -0.479 e. The first-order valence-corrected chi connectivity index (χ1v) is 4.47. The normalized spacial score (nSPS) is 51.1. The van der Waals surface area contributed by atoms with Gasteiger partial charge in [0.2, 0.25) is 5.79 Å². The van der Waals surface area contributed by atoms with E-state index < -0.39 is 30.1 Å². The smallest absolute Gasteiger partial charge is 0.335 e. The van der Waals surface area contributed by atoms with Crippen LogP contribution in [0.4, 0.5) is 0 Å². The highest BCUT2D eigenvalue weighted by atomic mass is 16.8. The number of aliphatic hydroxyl groups is 2. The monoisotopic (exact) mass is 204 g/mol. The van der Waals surface area contributed by atoms with Crippen molar-refractivity contribution in [1.82, 2.24) is 0 Å². The molecule has 14 heavy (non-hydrogen) atoms. The molecule has 0 radical (unpaired) electrons. The Morgan fingerprint density at radius 2 is 2.07 bits per heavy atom. The molecule has 2 saturated heterocycles. The molecule has 2 rings (SSSR count). The highest BCUT2D eigenvalue weighted by Gasteiger charge is 2.71. The van der Waals surface area contributed by atoms with Gasteiger partial charge >= 0.3 is 5.97 Å². The lowest BCUT2D eigenvalue weighted by Gasteiger charge is -2.09. The van der Waals surface area contributed by atoms with Crippen molar-refractivity contribution in [2.45, 2.75) is 43.5 Å². The van der Waals surface area contributed by atoms with E-state index in [2.05, 4.69) is 0 Å². The first-order valence-electron chi connectivity index (χ1n) is 4.47. The lowest BCUT2D eigenvalue weighted by molar-refractivity contribution is -0.158. The highest BCUT2D eigenvalue weighted by molar-refractivity contribution is 5.74. The van der Waals surface area contributed by atoms with E-state index >= 15 is 0 Å². The quantitative estimate of drug-likeness (QED) is 0.483. The van der Waals surface area contributed by atoms with Crippen molar-refractivity contribution < 1.29 is 29.6 Å². The first-order chi connectivity index (χ1) is 6.53. The maximum Gasteiger partial charge on any atom is 0.335 e. The van der Waals surface area contributed by atoms with Crippen molar-refractivity contribution in [2.24, 2.45) is 0 Å². The molecule has 6 heteroatoms. The van der Waals surface area contributed by atoms with Crippen LogP contribution in [0.25, 0.3) is 0 Å². The Hall–Kier alpha value is -0.690. The number of epoxide rings is 1. The molecule has 0 aromatic carbocycles. The summed E-state index contributed by atoms with van der Waals surface area (Å²) in [6.07, 6.45) is -3.83. The SMILES string of the molecule is CCC1O[C@@]12O[C@H](C(=O)O)[C@@H](O)[C@H]2O. The van der Waals surface area contributed by atoms with E-state index in [-0.39, 0.29) is 6.10 Å². The van der Waals surface area contributed by atoms with Gasteiger partial charge in [0.05, 0.1) is 0 Å². The van der Waals surface area contributed by atoms with Crippen LogP contribution in [-0.4, -0.2) is 51.5 Å². The minimum atomic E-state index is -1.43. The van der Waals surface area contributed by atoms with Crippen LogP contribution in [-0.2, 0) is 14.3 Å². The van der Waals surface area contributed by atoms with Gasteiger partial charge in [-0.2, -0.15) is 0 Å². The number of aliphatic carboxylic acids is 1. The lowest BCUT2D eigenvalue weighted by Crippen LogP contribution is -2.37. The second-order valence-corrected chi connectivity index (χ2v) is 3.55. The molecular formula is C8H12O6. The number of carbonyl (C=O) groups is 1. The molecule has 80 valence electrons. The summed E-state index contributed by atoms with van der Waals surface area (Å²) in [5, 5.41) is 27.6. The third kappa shape index (κ3) is 1.08. The zero-order chi connectivity index (χ0) is 10.5. The number of aliphatic hydroxyl groups excluding tert-OH is 2. The number of hydrogen-bond acceptors (Lipinski definition) is 5. The van der Waals surface area contributed by atoms with Crippen LogP contribution in [0, 0.1) is 0 Å². The van der Waals surface area contributed by atoms with E-state index in [0.717, 1.165) is 0 Å². The summed E-state index contributed by atoms with van der Waals surface area (Å²) >= 11 is 0. The van der Waals surface area contributed by atoms with Gasteiger partial charge in [-0.25, -0.2) is 4.79 Å². The van der Waals surface area contributed by atoms with Crippen LogP contribution < -0.4 is 0 Å². The Bertz CT molecular complexity index is 267. The zero-order valence-electron chi connectivity index (χ0n) is 7.58. The molecule has 2 aliphatic rings. The molecule has 1 spiro atoms. The molecule has 0 saturated carbocycles. The summed E-state index contributed by atoms with van der Waals surface area (Å²) in [7, 11) is 0. The fourth-order valence-corrected chi connectivity index (χ4v) is 1.86. The second kappa shape index (κ2) is 2.90. The molecule has 5 atom stereocenters. The standard InChI is InChI=1S/C8H12O6/c1-2-3-8(13-3)6(10)4(9)5(14-8)7(11)12/h3-6,9-10H,2H2,1H3,(H,11,12)/t3?,4-,5+,6-,8-/m1/s1. The number of ether oxygens (including phenoxy) is 2. The summed E-state index contributed by atoms with van der Waals surface area (Å²) in [4.78, 5) is 10.6. The zero-order valence-corrected chi connectivity index (χ0v) is 7.58. The van der Waals surface area contributed by atoms with Gasteiger partial charge in [-0.3, -0.25) is 0 Å². The summed E-state index contributed by atoms with van der Waals surface area (Å²) in [5.74, 6) is -2.57. The molecule has 3 N–H and O–H groups in total. The summed E-state index contributed by atoms with van der Waals surface area (Å²) in [6, 6.07) is 0. The van der Waals surface area contributed by atoms with Crippen molar-refractivity contribution in [3.05, 3.63) is 0 Å². The highest BCUT2D eigenvalue weighted by Crippen LogP contribution is 2.49. The maximum atomic E-state index is 10.6. The fraction of sp³-hybridized carbons (Fsp3) is 0.875. The van der Waals surface area contributed by atoms with E-state index in [1.165, 1.54) is 0 Å². The number of rotatable bonds is 2. The molecule has 0 amide bonds. The fourth-order valence-electron chi connectivity index (χ4n) is 1.86. The first kappa shape index (κ1) is 9.85. The van der Waals surface area contributed by atoms with Crippen LogP contribution in [0.3, 0.4) is 0 Å². The van der Waals surface area contributed by atoms with Gasteiger partial charge in [-0.1, -0.05) is 6.92 Å². The minimum absolute atomic E-state index is 0.323. The Morgan fingerprint density at radius 1 is 1.43 bits per heavy atom. The third-order valence-corrected chi connectivity index (χ3v) is 2.69. The molecule has 6 nitrogen and oxygen atoms in total. The van der Waals surface area contributed by atoms with E-state index in [0.29, 0.717) is 6.42 Å². The summed E-state index contributed by atoms with van der Waals surface area (Å²) in [6.45, 7) is 1.83. The summed E-state index contributed by atoms with van der Waals surface area (Å²) in [5.41, 5.74) is 0. The van der Waals surface area contributed by atoms with Crippen molar-refractivity contribution in [3.63, 3.8) is 0 Å². The van der Waals surface area contributed by atoms with Crippen LogP contribution in [0.2, 0.25) is 0 Å². The number of carboxylic acid groups (broad SMARTS) is 1. The van der Waals surface area contributed by atoms with E-state index in [1.807, 2.05) is 6.92 Å². The molecule has 2 fully saturated rings. The van der Waals surface area contributed by atoms with Gasteiger partial charge in [0, 0.05) is 0 Å². The van der Waals surface area contributed by atoms with Gasteiger partial charge in [0.1, 0.15) is 18.3 Å². The number of hydrogen-bond donors (Lipinski definition) is 3. The van der Waals surface area contributed by atoms with Gasteiger partial charge in [-0.05, 0) is 6.42 Å². The summed E-state index contributed by atoms with van der Waals surface area (Å²) < 4.78 is 10.1. The lowest BCUT2D eigenvalue weighted by atomic mass is 10.0. The molecule has 0 aliphatic carbocycles. The Balaban J connectivity index is 2.15. The van der Waals surface area contributed by atoms with Crippen LogP contribution in [0.1, 0.15) is 13.3 Å². The van der Waals surface area contributed by atoms with Crippen molar-refractivity contribution in [3.8, 4) is 0 Å². The van der Waals surface area contributed by atoms with E-state index in [9.17, 15) is 15.0 Å². The predicted octanol–water partition coefficient (Wildman–Crippen LogP) is -1.30. The van der Waals surface area contributed by atoms with Crippen LogP contribution in [0.15, 0.2) is 0 Å². The van der Waals surface area contributed by atoms with E-state index in [1.54, 1.807) is 0 Å². The number of carboxylic acids is 1. The van der Waals surface area contributed by atoms with Gasteiger partial charge < -0.3 is 24.8 Å². The van der Waals surface area contributed by atoms with Crippen LogP contribution in [0.5, 0.6) is 0 Å². The average Bonchev–Trinajstić information content (AvgIpc) is 2.80. The van der Waals surface area contributed by atoms with Crippen molar-refractivity contribution in [1.29, 1.82) is 0 Å². The Morgan fingerprint density at radius 3 is 2.43 bits per heavy atom. The van der Waals surface area contributed by atoms with Gasteiger partial charge in [-0.15, -0.1) is 0 Å². The van der Waals surface area contributed by atoms with Crippen LogP contribution >= 0.6 is 0 Å². The molecular weight excluding hydrogens is 192 g/mol. The molecule has 0 aromatic rings. The molecule has 0 aromatic heterocycles. The topological polar surface area (TPSA) is 99.5 Å². The maximum absolute atomic E-state index is 10.6. The molecule has 1 unspecified atom stereocenters. The van der Waals surface area contributed by atoms with Gasteiger partial charge in [0.25, 0.3) is 0 Å². The molecule has 2 heterocycles. The van der Waals surface area contributed by atoms with Crippen molar-refractivity contribution >= 4 is 5.97 Å². The molecule has 0 bridgehead atoms. The Kier molecular flexibility index (Phi) is 2.04. The third-order valence-electron chi connectivity index (χ3n) is 2.69. The van der Waals surface area contributed by atoms with Gasteiger partial charge in [0.15, 0.2) is 6.10 Å². The van der Waals surface area contributed by atoms with Crippen molar-refractivity contribution in [2.75, 3.05) is 0 Å². The second-order valence-electron chi connectivity index (χ2n) is 3.55. The van der Waals surface area contributed by atoms with E-state index in [4.69, 9.17) is 14.6 Å².